The summed E-state index contributed by atoms with van der Waals surface area (Å²) in [5.74, 6) is -0.615. The molecule has 6 heteroatoms. The lowest BCUT2D eigenvalue weighted by Crippen LogP contribution is -2.19. The average Bonchev–Trinajstić information content (AvgIpc) is 2.39. The van der Waals surface area contributed by atoms with Crippen molar-refractivity contribution in [2.75, 3.05) is 7.11 Å². The molecule has 19 heavy (non-hydrogen) atoms. The van der Waals surface area contributed by atoms with Gasteiger partial charge in [0.25, 0.3) is 5.56 Å². The van der Waals surface area contributed by atoms with Crippen molar-refractivity contribution in [3.8, 4) is 11.4 Å². The quantitative estimate of drug-likeness (QED) is 0.941. The Balaban J connectivity index is 2.70. The van der Waals surface area contributed by atoms with Gasteiger partial charge >= 0.3 is 5.97 Å². The van der Waals surface area contributed by atoms with Gasteiger partial charge in [0.2, 0.25) is 0 Å². The van der Waals surface area contributed by atoms with E-state index in [2.05, 4.69) is 15.9 Å². The molecular formula is C13H10BrNO4. The number of methoxy groups -OCH3 is 1. The Morgan fingerprint density at radius 2 is 2.05 bits per heavy atom. The molecule has 2 rings (SSSR count). The van der Waals surface area contributed by atoms with Crippen LogP contribution in [0.25, 0.3) is 5.69 Å². The molecule has 0 saturated heterocycles. The highest BCUT2D eigenvalue weighted by Crippen LogP contribution is 2.25. The van der Waals surface area contributed by atoms with Crippen LogP contribution in [-0.2, 0) is 0 Å². The van der Waals surface area contributed by atoms with Crippen molar-refractivity contribution in [3.63, 3.8) is 0 Å². The zero-order valence-electron chi connectivity index (χ0n) is 9.96. The maximum Gasteiger partial charge on any atom is 0.337 e. The minimum absolute atomic E-state index is 0.0293. The molecule has 1 heterocycles. The zero-order chi connectivity index (χ0) is 14.0. The van der Waals surface area contributed by atoms with E-state index < -0.39 is 5.97 Å². The number of benzene rings is 1. The van der Waals surface area contributed by atoms with Gasteiger partial charge in [-0.25, -0.2) is 4.79 Å². The number of pyridine rings is 1. The summed E-state index contributed by atoms with van der Waals surface area (Å²) in [6.07, 6.45) is 1.27. The number of rotatable bonds is 3. The van der Waals surface area contributed by atoms with Crippen molar-refractivity contribution in [3.05, 3.63) is 56.9 Å². The number of hydrogen-bond acceptors (Lipinski definition) is 3. The van der Waals surface area contributed by atoms with Crippen molar-refractivity contribution in [2.45, 2.75) is 0 Å². The van der Waals surface area contributed by atoms with Crippen molar-refractivity contribution < 1.29 is 14.6 Å². The van der Waals surface area contributed by atoms with E-state index in [0.717, 1.165) is 4.47 Å². The number of nitrogens with zero attached hydrogens (tertiary/aromatic N) is 1. The highest BCUT2D eigenvalue weighted by molar-refractivity contribution is 9.10. The summed E-state index contributed by atoms with van der Waals surface area (Å²) in [5.41, 5.74) is 0.174. The van der Waals surface area contributed by atoms with E-state index in [1.54, 1.807) is 18.2 Å². The normalized spacial score (nSPS) is 10.2. The van der Waals surface area contributed by atoms with Crippen LogP contribution in [0.2, 0.25) is 0 Å². The lowest BCUT2D eigenvalue weighted by Gasteiger charge is -2.11. The number of carboxylic acid groups (broad SMARTS) is 1. The maximum absolute atomic E-state index is 11.9. The van der Waals surface area contributed by atoms with Crippen LogP contribution in [0.1, 0.15) is 10.4 Å². The lowest BCUT2D eigenvalue weighted by atomic mass is 10.2. The molecule has 5 nitrogen and oxygen atoms in total. The molecule has 0 fully saturated rings. The molecule has 1 aromatic heterocycles. The Hall–Kier alpha value is -2.08. The van der Waals surface area contributed by atoms with Gasteiger partial charge < -0.3 is 9.84 Å². The summed E-state index contributed by atoms with van der Waals surface area (Å²) < 4.78 is 7.19. The van der Waals surface area contributed by atoms with E-state index in [4.69, 9.17) is 9.84 Å². The maximum atomic E-state index is 11.9. The van der Waals surface area contributed by atoms with Crippen LogP contribution < -0.4 is 10.3 Å². The van der Waals surface area contributed by atoms with E-state index in [9.17, 15) is 9.59 Å². The number of aromatic carboxylic acids is 1. The molecule has 0 aliphatic carbocycles. The predicted molar refractivity (Wildman–Crippen MR) is 73.3 cm³/mol. The van der Waals surface area contributed by atoms with Gasteiger partial charge in [0.1, 0.15) is 5.75 Å². The number of aromatic nitrogens is 1. The standard InChI is InChI=1S/C13H10BrNO4/c1-19-11-4-3-9(14)6-10(11)15-7-8(13(17)18)2-5-12(15)16/h2-7H,1H3,(H,17,18). The number of hydrogen-bond donors (Lipinski definition) is 1. The monoisotopic (exact) mass is 323 g/mol. The van der Waals surface area contributed by atoms with Gasteiger partial charge in [-0.05, 0) is 24.3 Å². The smallest absolute Gasteiger partial charge is 0.337 e. The van der Waals surface area contributed by atoms with Crippen LogP contribution in [0, 0.1) is 0 Å². The van der Waals surface area contributed by atoms with E-state index in [1.807, 2.05) is 0 Å². The lowest BCUT2D eigenvalue weighted by molar-refractivity contribution is 0.0696. The summed E-state index contributed by atoms with van der Waals surface area (Å²) >= 11 is 3.31. The minimum Gasteiger partial charge on any atom is -0.495 e. The second kappa shape index (κ2) is 5.27. The molecule has 1 aromatic carbocycles. The third-order valence-corrected chi connectivity index (χ3v) is 3.05. The molecule has 0 spiro atoms. The molecule has 0 aliphatic rings. The van der Waals surface area contributed by atoms with Crippen LogP contribution in [0.5, 0.6) is 5.75 Å². The van der Waals surface area contributed by atoms with Gasteiger partial charge in [0.15, 0.2) is 0 Å². The first-order chi connectivity index (χ1) is 9.02. The summed E-state index contributed by atoms with van der Waals surface area (Å²) in [6, 6.07) is 7.63. The summed E-state index contributed by atoms with van der Waals surface area (Å²) in [7, 11) is 1.48. The summed E-state index contributed by atoms with van der Waals surface area (Å²) in [4.78, 5) is 22.8. The van der Waals surface area contributed by atoms with Crippen LogP contribution >= 0.6 is 15.9 Å². The van der Waals surface area contributed by atoms with Gasteiger partial charge in [-0.15, -0.1) is 0 Å². The Bertz CT molecular complexity index is 693. The van der Waals surface area contributed by atoms with Crippen LogP contribution in [0.3, 0.4) is 0 Å². The largest absolute Gasteiger partial charge is 0.495 e. The number of ether oxygens (including phenoxy) is 1. The predicted octanol–water partition coefficient (Wildman–Crippen LogP) is 2.31. The first-order valence-corrected chi connectivity index (χ1v) is 6.12. The van der Waals surface area contributed by atoms with Crippen molar-refractivity contribution in [1.82, 2.24) is 4.57 Å². The topological polar surface area (TPSA) is 68.5 Å². The Morgan fingerprint density at radius 3 is 2.68 bits per heavy atom. The Morgan fingerprint density at radius 1 is 1.32 bits per heavy atom. The second-order valence-electron chi connectivity index (χ2n) is 3.75. The van der Waals surface area contributed by atoms with E-state index >= 15 is 0 Å². The van der Waals surface area contributed by atoms with Crippen molar-refractivity contribution in [2.24, 2.45) is 0 Å². The first-order valence-electron chi connectivity index (χ1n) is 5.33. The fourth-order valence-electron chi connectivity index (χ4n) is 1.65. The molecule has 0 radical (unpaired) electrons. The van der Waals surface area contributed by atoms with E-state index in [-0.39, 0.29) is 11.1 Å². The SMILES string of the molecule is COc1ccc(Br)cc1-n1cc(C(=O)O)ccc1=O. The first kappa shape index (κ1) is 13.4. The van der Waals surface area contributed by atoms with Crippen molar-refractivity contribution >= 4 is 21.9 Å². The zero-order valence-corrected chi connectivity index (χ0v) is 11.5. The molecule has 98 valence electrons. The van der Waals surface area contributed by atoms with Gasteiger partial charge in [0.05, 0.1) is 18.4 Å². The van der Waals surface area contributed by atoms with Crippen LogP contribution in [0.15, 0.2) is 45.8 Å². The number of halogens is 1. The van der Waals surface area contributed by atoms with Gasteiger partial charge in [-0.3, -0.25) is 9.36 Å². The highest BCUT2D eigenvalue weighted by atomic mass is 79.9. The van der Waals surface area contributed by atoms with Gasteiger partial charge in [-0.1, -0.05) is 15.9 Å². The fraction of sp³-hybridized carbons (Fsp3) is 0.0769. The van der Waals surface area contributed by atoms with E-state index in [1.165, 1.54) is 30.0 Å². The molecule has 0 atom stereocenters. The molecular weight excluding hydrogens is 314 g/mol. The summed E-state index contributed by atoms with van der Waals surface area (Å²) in [6.45, 7) is 0. The molecule has 0 unspecified atom stereocenters. The third kappa shape index (κ3) is 2.68. The highest BCUT2D eigenvalue weighted by Gasteiger charge is 2.11. The minimum atomic E-state index is -1.09. The molecule has 0 aliphatic heterocycles. The molecule has 0 saturated carbocycles. The summed E-state index contributed by atoms with van der Waals surface area (Å²) in [5, 5.41) is 8.97. The van der Waals surface area contributed by atoms with Gasteiger partial charge in [0, 0.05) is 16.7 Å². The van der Waals surface area contributed by atoms with Crippen LogP contribution in [0.4, 0.5) is 0 Å². The number of carboxylic acids is 1. The van der Waals surface area contributed by atoms with Gasteiger partial charge in [-0.2, -0.15) is 0 Å². The Kier molecular flexibility index (Phi) is 3.71. The van der Waals surface area contributed by atoms with E-state index in [0.29, 0.717) is 11.4 Å². The van der Waals surface area contributed by atoms with Crippen LogP contribution in [-0.4, -0.2) is 22.8 Å². The molecule has 0 bridgehead atoms. The second-order valence-corrected chi connectivity index (χ2v) is 4.66. The third-order valence-electron chi connectivity index (χ3n) is 2.56. The number of carbonyl (C=O) groups is 1. The fourth-order valence-corrected chi connectivity index (χ4v) is 2.00. The Labute approximate surface area is 117 Å². The molecule has 0 amide bonds. The van der Waals surface area contributed by atoms with Crippen molar-refractivity contribution in [1.29, 1.82) is 0 Å². The molecule has 2 aromatic rings. The average molecular weight is 324 g/mol. The molecule has 1 N–H and O–H groups in total.